The van der Waals surface area contributed by atoms with Crippen molar-refractivity contribution in [3.63, 3.8) is 0 Å². The summed E-state index contributed by atoms with van der Waals surface area (Å²) in [4.78, 5) is 42.2. The number of nitrogens with one attached hydrogen (secondary N) is 1. The molecule has 0 saturated carbocycles. The number of esters is 1. The van der Waals surface area contributed by atoms with Crippen LogP contribution in [0, 0.1) is 17.7 Å². The molecule has 2 amide bonds. The first-order valence-corrected chi connectivity index (χ1v) is 11.9. The van der Waals surface area contributed by atoms with Crippen molar-refractivity contribution in [2.24, 2.45) is 11.8 Å². The first-order valence-electron chi connectivity index (χ1n) is 11.9. The number of anilines is 1. The Kier molecular flexibility index (Phi) is 5.96. The summed E-state index contributed by atoms with van der Waals surface area (Å²) in [6.07, 6.45) is 0.802. The minimum Gasteiger partial charge on any atom is -0.486 e. The number of amides is 2. The number of ether oxygens (including phenoxy) is 3. The van der Waals surface area contributed by atoms with Gasteiger partial charge in [0.25, 0.3) is 0 Å². The van der Waals surface area contributed by atoms with E-state index in [0.29, 0.717) is 36.8 Å². The van der Waals surface area contributed by atoms with Gasteiger partial charge in [-0.2, -0.15) is 0 Å². The maximum atomic E-state index is 14.9. The van der Waals surface area contributed by atoms with Gasteiger partial charge in [-0.15, -0.1) is 0 Å². The van der Waals surface area contributed by atoms with Crippen LogP contribution >= 0.6 is 0 Å². The Morgan fingerprint density at radius 1 is 1.11 bits per heavy atom. The van der Waals surface area contributed by atoms with Crippen LogP contribution in [0.15, 0.2) is 42.5 Å². The number of fused-ring (bicyclic) bond motifs is 2. The van der Waals surface area contributed by atoms with Crippen molar-refractivity contribution in [3.05, 3.63) is 53.8 Å². The summed E-state index contributed by atoms with van der Waals surface area (Å²) in [5.74, 6) is -3.23. The molecule has 8 nitrogen and oxygen atoms in total. The molecule has 3 aliphatic heterocycles. The number of imide groups is 1. The summed E-state index contributed by atoms with van der Waals surface area (Å²) in [5.41, 5.74) is -0.910. The molecular formula is C26H27FN2O6. The molecule has 0 bridgehead atoms. The first kappa shape index (κ1) is 23.3. The fourth-order valence-electron chi connectivity index (χ4n) is 5.60. The molecule has 9 heteroatoms. The second kappa shape index (κ2) is 8.96. The number of carbonyl (C=O) groups excluding carboxylic acids is 3. The summed E-state index contributed by atoms with van der Waals surface area (Å²) >= 11 is 0. The lowest BCUT2D eigenvalue weighted by Gasteiger charge is -2.32. The second-order valence-corrected chi connectivity index (χ2v) is 8.93. The molecule has 0 spiro atoms. The molecule has 1 N–H and O–H groups in total. The van der Waals surface area contributed by atoms with Gasteiger partial charge >= 0.3 is 5.97 Å². The highest BCUT2D eigenvalue weighted by Crippen LogP contribution is 2.52. The lowest BCUT2D eigenvalue weighted by atomic mass is 9.77. The third-order valence-corrected chi connectivity index (χ3v) is 6.96. The summed E-state index contributed by atoms with van der Waals surface area (Å²) in [6, 6.07) is 10.1. The van der Waals surface area contributed by atoms with Gasteiger partial charge in [0.05, 0.1) is 24.1 Å². The van der Waals surface area contributed by atoms with E-state index in [-0.39, 0.29) is 18.6 Å². The van der Waals surface area contributed by atoms with Crippen LogP contribution < -0.4 is 19.7 Å². The zero-order valence-electron chi connectivity index (χ0n) is 19.6. The minimum absolute atomic E-state index is 0.113. The Labute approximate surface area is 202 Å². The lowest BCUT2D eigenvalue weighted by Crippen LogP contribution is -2.56. The topological polar surface area (TPSA) is 94.2 Å². The molecule has 2 fully saturated rings. The van der Waals surface area contributed by atoms with E-state index in [1.165, 1.54) is 6.07 Å². The van der Waals surface area contributed by atoms with Crippen LogP contribution in [-0.2, 0) is 19.1 Å². The van der Waals surface area contributed by atoms with Crippen molar-refractivity contribution in [3.8, 4) is 11.5 Å². The number of rotatable bonds is 6. The van der Waals surface area contributed by atoms with E-state index in [1.807, 2.05) is 6.92 Å². The van der Waals surface area contributed by atoms with Crippen molar-refractivity contribution in [2.45, 2.75) is 38.3 Å². The Morgan fingerprint density at radius 3 is 2.57 bits per heavy atom. The van der Waals surface area contributed by atoms with Crippen molar-refractivity contribution >= 4 is 23.5 Å². The minimum atomic E-state index is -1.46. The highest BCUT2D eigenvalue weighted by atomic mass is 19.1. The van der Waals surface area contributed by atoms with Crippen LogP contribution in [0.2, 0.25) is 0 Å². The molecule has 0 aliphatic carbocycles. The predicted octanol–water partition coefficient (Wildman–Crippen LogP) is 3.15. The number of hydrogen-bond acceptors (Lipinski definition) is 7. The fourth-order valence-corrected chi connectivity index (χ4v) is 5.60. The second-order valence-electron chi connectivity index (χ2n) is 8.93. The zero-order valence-corrected chi connectivity index (χ0v) is 19.6. The highest BCUT2D eigenvalue weighted by molar-refractivity contribution is 6.24. The van der Waals surface area contributed by atoms with E-state index in [0.717, 1.165) is 4.90 Å². The van der Waals surface area contributed by atoms with E-state index in [9.17, 15) is 18.8 Å². The van der Waals surface area contributed by atoms with Gasteiger partial charge in [-0.05, 0) is 31.5 Å². The molecule has 0 radical (unpaired) electrons. The fraction of sp³-hybridized carbons (Fsp3) is 0.423. The maximum Gasteiger partial charge on any atom is 0.327 e. The number of benzene rings is 2. The third kappa shape index (κ3) is 3.56. The highest BCUT2D eigenvalue weighted by Gasteiger charge is 2.68. The standard InChI is InChI=1S/C26H27FN2O6/c1-3-11-26(25(32)33-4-2)21-20(22(28-26)16-7-5-6-8-17(16)27)23(30)29(24(21)31)15-9-10-18-19(14-15)35-13-12-34-18/h5-10,14,20-22,28H,3-4,11-13H2,1-2H3/t20-,21+,22-,26+/m0/s1. The molecule has 35 heavy (non-hydrogen) atoms. The normalized spacial score (nSPS) is 27.2. The number of halogens is 1. The molecular weight excluding hydrogens is 455 g/mol. The molecule has 2 aromatic rings. The van der Waals surface area contributed by atoms with E-state index in [2.05, 4.69) is 5.32 Å². The molecule has 184 valence electrons. The van der Waals surface area contributed by atoms with E-state index in [4.69, 9.17) is 14.2 Å². The summed E-state index contributed by atoms with van der Waals surface area (Å²) in [7, 11) is 0. The SMILES string of the molecule is CCC[C@@]1(C(=O)OCC)N[C@@H](c2ccccc2F)[C@H]2C(=O)N(c3ccc4c(c3)OCCO4)C(=O)[C@@H]21. The van der Waals surface area contributed by atoms with Crippen LogP contribution in [0.3, 0.4) is 0 Å². The molecule has 3 heterocycles. The molecule has 2 saturated heterocycles. The molecule has 4 atom stereocenters. The van der Waals surface area contributed by atoms with Crippen LogP contribution in [0.25, 0.3) is 0 Å². The van der Waals surface area contributed by atoms with Crippen molar-refractivity contribution in [2.75, 3.05) is 24.7 Å². The Hall–Kier alpha value is -3.46. The van der Waals surface area contributed by atoms with Gasteiger partial charge < -0.3 is 14.2 Å². The third-order valence-electron chi connectivity index (χ3n) is 6.96. The number of hydrogen-bond donors (Lipinski definition) is 1. The molecule has 0 unspecified atom stereocenters. The van der Waals surface area contributed by atoms with Gasteiger partial charge in [0, 0.05) is 17.7 Å². The zero-order chi connectivity index (χ0) is 24.7. The Balaban J connectivity index is 1.63. The monoisotopic (exact) mass is 482 g/mol. The molecule has 0 aromatic heterocycles. The molecule has 2 aromatic carbocycles. The number of nitrogens with zero attached hydrogens (tertiary/aromatic N) is 1. The molecule has 3 aliphatic rings. The predicted molar refractivity (Wildman–Crippen MR) is 123 cm³/mol. The van der Waals surface area contributed by atoms with Crippen LogP contribution in [0.1, 0.15) is 38.3 Å². The van der Waals surface area contributed by atoms with E-state index >= 15 is 0 Å². The smallest absolute Gasteiger partial charge is 0.327 e. The number of carbonyl (C=O) groups is 3. The van der Waals surface area contributed by atoms with Gasteiger partial charge in [-0.25, -0.2) is 9.29 Å². The van der Waals surface area contributed by atoms with Crippen molar-refractivity contribution in [1.82, 2.24) is 5.32 Å². The summed E-state index contributed by atoms with van der Waals surface area (Å²) in [6.45, 7) is 4.44. The largest absolute Gasteiger partial charge is 0.486 e. The van der Waals surface area contributed by atoms with Gasteiger partial charge in [-0.3, -0.25) is 19.7 Å². The van der Waals surface area contributed by atoms with E-state index in [1.54, 1.807) is 43.3 Å². The van der Waals surface area contributed by atoms with Gasteiger partial charge in [0.1, 0.15) is 24.6 Å². The Bertz CT molecular complexity index is 1190. The van der Waals surface area contributed by atoms with Crippen LogP contribution in [-0.4, -0.2) is 43.1 Å². The maximum absolute atomic E-state index is 14.9. The Morgan fingerprint density at radius 2 is 1.86 bits per heavy atom. The molecule has 5 rings (SSSR count). The van der Waals surface area contributed by atoms with Gasteiger partial charge in [0.2, 0.25) is 11.8 Å². The first-order chi connectivity index (χ1) is 16.9. The van der Waals surface area contributed by atoms with Crippen LogP contribution in [0.5, 0.6) is 11.5 Å². The van der Waals surface area contributed by atoms with Crippen molar-refractivity contribution < 1.29 is 33.0 Å². The quantitative estimate of drug-likeness (QED) is 0.499. The average molecular weight is 483 g/mol. The van der Waals surface area contributed by atoms with E-state index < -0.39 is 47.0 Å². The average Bonchev–Trinajstić information content (AvgIpc) is 3.33. The van der Waals surface area contributed by atoms with Crippen molar-refractivity contribution in [1.29, 1.82) is 0 Å². The van der Waals surface area contributed by atoms with Crippen LogP contribution in [0.4, 0.5) is 10.1 Å². The lowest BCUT2D eigenvalue weighted by molar-refractivity contribution is -0.155. The van der Waals surface area contributed by atoms with Gasteiger partial charge in [0.15, 0.2) is 11.5 Å². The summed E-state index contributed by atoms with van der Waals surface area (Å²) < 4.78 is 31.5. The summed E-state index contributed by atoms with van der Waals surface area (Å²) in [5, 5.41) is 3.20. The van der Waals surface area contributed by atoms with Gasteiger partial charge in [-0.1, -0.05) is 31.5 Å².